The number of benzene rings is 1. The van der Waals surface area contributed by atoms with Crippen LogP contribution in [0.4, 0.5) is 0 Å². The van der Waals surface area contributed by atoms with Gasteiger partial charge < -0.3 is 4.90 Å². The maximum atomic E-state index is 13.7. The van der Waals surface area contributed by atoms with E-state index in [-0.39, 0.29) is 16.2 Å². The highest BCUT2D eigenvalue weighted by Gasteiger charge is 2.60. The average molecular weight is 451 g/mol. The summed E-state index contributed by atoms with van der Waals surface area (Å²) in [5, 5.41) is 0. The molecule has 1 amide bonds. The first-order chi connectivity index (χ1) is 14.2. The van der Waals surface area contributed by atoms with E-state index in [1.807, 2.05) is 24.0 Å². The number of aryl methyl sites for hydroxylation is 1. The van der Waals surface area contributed by atoms with Crippen LogP contribution in [0.1, 0.15) is 50.5 Å². The quantitative estimate of drug-likeness (QED) is 0.658. The molecule has 1 aromatic rings. The summed E-state index contributed by atoms with van der Waals surface area (Å²) in [7, 11) is -3.53. The van der Waals surface area contributed by atoms with Crippen LogP contribution in [0.15, 0.2) is 29.2 Å². The molecule has 4 aliphatic carbocycles. The molecule has 2 atom stereocenters. The fourth-order valence-electron chi connectivity index (χ4n) is 6.93. The van der Waals surface area contributed by atoms with Crippen molar-refractivity contribution in [2.45, 2.75) is 61.6 Å². The lowest BCUT2D eigenvalue weighted by molar-refractivity contribution is -0.155. The summed E-state index contributed by atoms with van der Waals surface area (Å²) in [6.45, 7) is 3.86. The van der Waals surface area contributed by atoms with Crippen LogP contribution in [0.2, 0.25) is 0 Å². The number of sulfonamides is 1. The monoisotopic (exact) mass is 450 g/mol. The molecule has 1 aliphatic heterocycles. The van der Waals surface area contributed by atoms with Gasteiger partial charge >= 0.3 is 0 Å². The first-order valence-electron chi connectivity index (χ1n) is 11.2. The largest absolute Gasteiger partial charge is 0.341 e. The SMILES string of the molecule is Cc1ccc(S(=O)(=O)N2CCCN(C(=O)C34CC5CC(CC(Cl)(C5)C3)C4)CC2)cc1. The van der Waals surface area contributed by atoms with Crippen molar-refractivity contribution in [1.82, 2.24) is 9.21 Å². The molecule has 0 aromatic heterocycles. The normalized spacial score (nSPS) is 36.7. The maximum Gasteiger partial charge on any atom is 0.243 e. The van der Waals surface area contributed by atoms with Crippen molar-refractivity contribution in [1.29, 1.82) is 0 Å². The van der Waals surface area contributed by atoms with E-state index >= 15 is 0 Å². The zero-order chi connectivity index (χ0) is 21.1. The van der Waals surface area contributed by atoms with Crippen LogP contribution in [-0.4, -0.2) is 54.6 Å². The Balaban J connectivity index is 1.31. The van der Waals surface area contributed by atoms with Gasteiger partial charge in [-0.05, 0) is 75.8 Å². The third-order valence-electron chi connectivity index (χ3n) is 7.84. The number of halogens is 1. The van der Waals surface area contributed by atoms with Gasteiger partial charge in [0.05, 0.1) is 10.3 Å². The van der Waals surface area contributed by atoms with Crippen LogP contribution in [0, 0.1) is 24.2 Å². The summed E-state index contributed by atoms with van der Waals surface area (Å²) < 4.78 is 27.7. The van der Waals surface area contributed by atoms with Gasteiger partial charge in [-0.25, -0.2) is 8.42 Å². The second-order valence-corrected chi connectivity index (χ2v) is 13.0. The molecule has 0 radical (unpaired) electrons. The van der Waals surface area contributed by atoms with Gasteiger partial charge in [0, 0.05) is 31.1 Å². The second-order valence-electron chi connectivity index (χ2n) is 10.3. The molecular formula is C23H31ClN2O3S. The smallest absolute Gasteiger partial charge is 0.243 e. The van der Waals surface area contributed by atoms with E-state index in [1.54, 1.807) is 16.4 Å². The van der Waals surface area contributed by atoms with Gasteiger partial charge in [0.15, 0.2) is 0 Å². The number of alkyl halides is 1. The maximum absolute atomic E-state index is 13.7. The van der Waals surface area contributed by atoms with Crippen LogP contribution in [0.25, 0.3) is 0 Å². The second kappa shape index (κ2) is 7.21. The molecule has 0 spiro atoms. The fourth-order valence-corrected chi connectivity index (χ4v) is 9.09. The van der Waals surface area contributed by atoms with Gasteiger partial charge in [0.25, 0.3) is 0 Å². The number of carbonyl (C=O) groups is 1. The molecule has 4 saturated carbocycles. The molecule has 164 valence electrons. The van der Waals surface area contributed by atoms with Gasteiger partial charge in [0.2, 0.25) is 15.9 Å². The van der Waals surface area contributed by atoms with Crippen molar-refractivity contribution in [2.24, 2.45) is 17.3 Å². The number of amides is 1. The van der Waals surface area contributed by atoms with E-state index in [2.05, 4.69) is 0 Å². The van der Waals surface area contributed by atoms with Gasteiger partial charge in [-0.1, -0.05) is 17.7 Å². The van der Waals surface area contributed by atoms with Crippen LogP contribution < -0.4 is 0 Å². The molecular weight excluding hydrogens is 420 g/mol. The number of hydrogen-bond acceptors (Lipinski definition) is 3. The van der Waals surface area contributed by atoms with Crippen LogP contribution in [0.5, 0.6) is 0 Å². The first kappa shape index (κ1) is 20.8. The Hall–Kier alpha value is -1.11. The summed E-state index contributed by atoms with van der Waals surface area (Å²) in [6.07, 6.45) is 6.76. The molecule has 7 heteroatoms. The summed E-state index contributed by atoms with van der Waals surface area (Å²) in [5.41, 5.74) is 0.728. The van der Waals surface area contributed by atoms with Gasteiger partial charge in [-0.3, -0.25) is 4.79 Å². The van der Waals surface area contributed by atoms with Crippen molar-refractivity contribution < 1.29 is 13.2 Å². The van der Waals surface area contributed by atoms with Crippen LogP contribution >= 0.6 is 11.6 Å². The number of carbonyl (C=O) groups excluding carboxylic acids is 1. The van der Waals surface area contributed by atoms with E-state index in [4.69, 9.17) is 11.6 Å². The van der Waals surface area contributed by atoms with Crippen LogP contribution in [-0.2, 0) is 14.8 Å². The Labute approximate surface area is 184 Å². The summed E-state index contributed by atoms with van der Waals surface area (Å²) in [6, 6.07) is 7.01. The minimum Gasteiger partial charge on any atom is -0.341 e. The zero-order valence-corrected chi connectivity index (χ0v) is 19.2. The van der Waals surface area contributed by atoms with Crippen molar-refractivity contribution in [3.05, 3.63) is 29.8 Å². The predicted molar refractivity (Wildman–Crippen MR) is 117 cm³/mol. The Bertz CT molecular complexity index is 932. The number of rotatable bonds is 3. The molecule has 1 aromatic carbocycles. The highest BCUT2D eigenvalue weighted by molar-refractivity contribution is 7.89. The molecule has 1 heterocycles. The van der Waals surface area contributed by atoms with Gasteiger partial charge in [0.1, 0.15) is 0 Å². The third-order valence-corrected chi connectivity index (χ3v) is 10.2. The van der Waals surface area contributed by atoms with Crippen molar-refractivity contribution in [3.8, 4) is 0 Å². The average Bonchev–Trinajstić information content (AvgIpc) is 2.92. The summed E-state index contributed by atoms with van der Waals surface area (Å²) >= 11 is 6.94. The topological polar surface area (TPSA) is 57.7 Å². The minimum atomic E-state index is -3.53. The lowest BCUT2D eigenvalue weighted by Crippen LogP contribution is -2.59. The lowest BCUT2D eigenvalue weighted by Gasteiger charge is -2.59. The van der Waals surface area contributed by atoms with E-state index < -0.39 is 10.0 Å². The van der Waals surface area contributed by atoms with Crippen LogP contribution in [0.3, 0.4) is 0 Å². The minimum absolute atomic E-state index is 0.188. The van der Waals surface area contributed by atoms with Crippen molar-refractivity contribution >= 4 is 27.5 Å². The standard InChI is InChI=1S/C23H31ClN2O3S/c1-17-3-5-20(6-4-17)30(28,29)26-8-2-7-25(9-10-26)21(27)22-12-18-11-19(13-22)15-23(24,14-18)16-22/h3-6,18-19H,2,7-16H2,1H3. The Kier molecular flexibility index (Phi) is 4.99. The Morgan fingerprint density at radius 2 is 1.67 bits per heavy atom. The van der Waals surface area contributed by atoms with Crippen molar-refractivity contribution in [2.75, 3.05) is 26.2 Å². The molecule has 1 saturated heterocycles. The van der Waals surface area contributed by atoms with E-state index in [0.29, 0.717) is 49.3 Å². The Morgan fingerprint density at radius 1 is 1.00 bits per heavy atom. The zero-order valence-electron chi connectivity index (χ0n) is 17.6. The molecule has 6 rings (SSSR count). The van der Waals surface area contributed by atoms with E-state index in [1.165, 1.54) is 6.42 Å². The Morgan fingerprint density at radius 3 is 2.30 bits per heavy atom. The van der Waals surface area contributed by atoms with E-state index in [0.717, 1.165) is 37.7 Å². The molecule has 5 nitrogen and oxygen atoms in total. The molecule has 2 unspecified atom stereocenters. The van der Waals surface area contributed by atoms with Crippen molar-refractivity contribution in [3.63, 3.8) is 0 Å². The molecule has 0 N–H and O–H groups in total. The highest BCUT2D eigenvalue weighted by Crippen LogP contribution is 2.64. The summed E-state index contributed by atoms with van der Waals surface area (Å²) in [4.78, 5) is 15.8. The van der Waals surface area contributed by atoms with E-state index in [9.17, 15) is 13.2 Å². The van der Waals surface area contributed by atoms with Gasteiger partial charge in [-0.2, -0.15) is 4.31 Å². The lowest BCUT2D eigenvalue weighted by atomic mass is 9.49. The number of hydrogen-bond donors (Lipinski definition) is 0. The predicted octanol–water partition coefficient (Wildman–Crippen LogP) is 3.80. The van der Waals surface area contributed by atoms with Gasteiger partial charge in [-0.15, -0.1) is 11.6 Å². The molecule has 4 bridgehead atoms. The summed E-state index contributed by atoms with van der Waals surface area (Å²) in [5.74, 6) is 1.40. The molecule has 30 heavy (non-hydrogen) atoms. The third kappa shape index (κ3) is 3.49. The fraction of sp³-hybridized carbons (Fsp3) is 0.696. The number of nitrogens with zero attached hydrogens (tertiary/aromatic N) is 2. The first-order valence-corrected chi connectivity index (χ1v) is 13.1. The molecule has 5 aliphatic rings. The molecule has 5 fully saturated rings. The highest BCUT2D eigenvalue weighted by atomic mass is 35.5.